The Kier molecular flexibility index (Phi) is 5.11. The number of hydrogen-bond donors (Lipinski definition) is 2. The van der Waals surface area contributed by atoms with E-state index in [1.54, 1.807) is 12.4 Å². The van der Waals surface area contributed by atoms with Gasteiger partial charge in [-0.15, -0.1) is 0 Å². The lowest BCUT2D eigenvalue weighted by Crippen LogP contribution is -2.46. The molecule has 1 aromatic heterocycles. The van der Waals surface area contributed by atoms with Crippen molar-refractivity contribution in [2.24, 2.45) is 5.92 Å². The zero-order valence-corrected chi connectivity index (χ0v) is 13.5. The highest BCUT2D eigenvalue weighted by atomic mass is 16.5. The van der Waals surface area contributed by atoms with Gasteiger partial charge in [-0.2, -0.15) is 0 Å². The molecule has 0 aromatic carbocycles. The summed E-state index contributed by atoms with van der Waals surface area (Å²) in [7, 11) is 0. The van der Waals surface area contributed by atoms with Crippen LogP contribution in [0.5, 0.6) is 0 Å². The summed E-state index contributed by atoms with van der Waals surface area (Å²) >= 11 is 0. The van der Waals surface area contributed by atoms with Crippen LogP contribution in [0.4, 0.5) is 0 Å². The standard InChI is InChI=1S/C18H28N2O2/c1-14(15-6-11-22-12-7-15)20-17-4-8-18(21,9-5-17)16-3-2-10-19-13-16/h2-3,10,13-15,17,20-21H,4-9,11-12H2,1H3. The average molecular weight is 304 g/mol. The molecule has 3 rings (SSSR count). The Bertz CT molecular complexity index is 451. The molecule has 1 aliphatic carbocycles. The SMILES string of the molecule is CC(NC1CCC(O)(c2cccnc2)CC1)C1CCOCC1. The van der Waals surface area contributed by atoms with E-state index in [0.29, 0.717) is 12.1 Å². The van der Waals surface area contributed by atoms with Crippen molar-refractivity contribution in [3.05, 3.63) is 30.1 Å². The molecule has 1 saturated heterocycles. The summed E-state index contributed by atoms with van der Waals surface area (Å²) in [5.74, 6) is 0.730. The van der Waals surface area contributed by atoms with Gasteiger partial charge in [0.05, 0.1) is 5.60 Å². The van der Waals surface area contributed by atoms with Crippen molar-refractivity contribution in [3.63, 3.8) is 0 Å². The maximum Gasteiger partial charge on any atom is 0.0912 e. The Labute approximate surface area is 133 Å². The second kappa shape index (κ2) is 7.07. The van der Waals surface area contributed by atoms with E-state index in [0.717, 1.165) is 50.4 Å². The fourth-order valence-electron chi connectivity index (χ4n) is 3.91. The van der Waals surface area contributed by atoms with Gasteiger partial charge in [0.1, 0.15) is 0 Å². The van der Waals surface area contributed by atoms with Crippen LogP contribution >= 0.6 is 0 Å². The number of nitrogens with zero attached hydrogens (tertiary/aromatic N) is 1. The lowest BCUT2D eigenvalue weighted by atomic mass is 9.78. The fourth-order valence-corrected chi connectivity index (χ4v) is 3.91. The van der Waals surface area contributed by atoms with Crippen LogP contribution in [0.1, 0.15) is 51.0 Å². The summed E-state index contributed by atoms with van der Waals surface area (Å²) in [4.78, 5) is 4.15. The van der Waals surface area contributed by atoms with E-state index in [1.807, 2.05) is 12.1 Å². The molecule has 22 heavy (non-hydrogen) atoms. The third-order valence-electron chi connectivity index (χ3n) is 5.48. The minimum absolute atomic E-state index is 0.523. The highest BCUT2D eigenvalue weighted by Crippen LogP contribution is 2.37. The fraction of sp³-hybridized carbons (Fsp3) is 0.722. The van der Waals surface area contributed by atoms with Crippen LogP contribution in [0.3, 0.4) is 0 Å². The molecule has 0 radical (unpaired) electrons. The van der Waals surface area contributed by atoms with Crippen molar-refractivity contribution in [1.82, 2.24) is 10.3 Å². The van der Waals surface area contributed by atoms with Gasteiger partial charge in [-0.25, -0.2) is 0 Å². The zero-order valence-electron chi connectivity index (χ0n) is 13.5. The van der Waals surface area contributed by atoms with Crippen LogP contribution in [0.2, 0.25) is 0 Å². The average Bonchev–Trinajstić information content (AvgIpc) is 2.59. The van der Waals surface area contributed by atoms with Gasteiger partial charge >= 0.3 is 0 Å². The van der Waals surface area contributed by atoms with E-state index in [4.69, 9.17) is 4.74 Å². The first-order valence-corrected chi connectivity index (χ1v) is 8.64. The summed E-state index contributed by atoms with van der Waals surface area (Å²) in [6.45, 7) is 4.11. The van der Waals surface area contributed by atoms with Crippen LogP contribution in [0.25, 0.3) is 0 Å². The van der Waals surface area contributed by atoms with E-state index in [1.165, 1.54) is 12.8 Å². The minimum atomic E-state index is -0.686. The summed E-state index contributed by atoms with van der Waals surface area (Å²) < 4.78 is 5.45. The molecule has 1 aromatic rings. The molecule has 1 saturated carbocycles. The minimum Gasteiger partial charge on any atom is -0.385 e. The van der Waals surface area contributed by atoms with Crippen molar-refractivity contribution >= 4 is 0 Å². The van der Waals surface area contributed by atoms with Gasteiger partial charge in [-0.05, 0) is 57.4 Å². The summed E-state index contributed by atoms with van der Waals surface area (Å²) in [5.41, 5.74) is 0.278. The molecule has 2 fully saturated rings. The van der Waals surface area contributed by atoms with Crippen LogP contribution in [-0.2, 0) is 10.3 Å². The summed E-state index contributed by atoms with van der Waals surface area (Å²) in [6.07, 6.45) is 9.58. The van der Waals surface area contributed by atoms with E-state index in [-0.39, 0.29) is 0 Å². The number of nitrogens with one attached hydrogen (secondary N) is 1. The van der Waals surface area contributed by atoms with E-state index in [2.05, 4.69) is 17.2 Å². The van der Waals surface area contributed by atoms with Crippen LogP contribution in [0.15, 0.2) is 24.5 Å². The Morgan fingerprint density at radius 3 is 2.64 bits per heavy atom. The van der Waals surface area contributed by atoms with E-state index in [9.17, 15) is 5.11 Å². The maximum absolute atomic E-state index is 10.9. The van der Waals surface area contributed by atoms with Gasteiger partial charge in [0, 0.05) is 43.3 Å². The molecule has 1 aliphatic heterocycles. The molecule has 122 valence electrons. The first-order valence-electron chi connectivity index (χ1n) is 8.64. The monoisotopic (exact) mass is 304 g/mol. The summed E-state index contributed by atoms with van der Waals surface area (Å²) in [6, 6.07) is 4.96. The quantitative estimate of drug-likeness (QED) is 0.898. The van der Waals surface area contributed by atoms with Crippen molar-refractivity contribution < 1.29 is 9.84 Å². The van der Waals surface area contributed by atoms with Crippen LogP contribution < -0.4 is 5.32 Å². The number of hydrogen-bond acceptors (Lipinski definition) is 4. The predicted octanol–water partition coefficient (Wildman–Crippen LogP) is 2.62. The number of aromatic nitrogens is 1. The van der Waals surface area contributed by atoms with Gasteiger partial charge in [-0.1, -0.05) is 6.07 Å². The molecule has 1 unspecified atom stereocenters. The van der Waals surface area contributed by atoms with Gasteiger partial charge in [-0.3, -0.25) is 4.98 Å². The maximum atomic E-state index is 10.9. The number of rotatable bonds is 4. The van der Waals surface area contributed by atoms with Gasteiger partial charge in [0.2, 0.25) is 0 Å². The highest BCUT2D eigenvalue weighted by molar-refractivity contribution is 5.19. The van der Waals surface area contributed by atoms with E-state index < -0.39 is 5.60 Å². The van der Waals surface area contributed by atoms with Gasteiger partial charge < -0.3 is 15.2 Å². The second-order valence-corrected chi connectivity index (χ2v) is 6.95. The molecular weight excluding hydrogens is 276 g/mol. The largest absolute Gasteiger partial charge is 0.385 e. The van der Waals surface area contributed by atoms with Crippen molar-refractivity contribution in [1.29, 1.82) is 0 Å². The molecule has 0 bridgehead atoms. The number of aliphatic hydroxyl groups is 1. The summed E-state index contributed by atoms with van der Waals surface area (Å²) in [5, 5.41) is 14.7. The number of pyridine rings is 1. The molecule has 2 N–H and O–H groups in total. The van der Waals surface area contributed by atoms with E-state index >= 15 is 0 Å². The Hall–Kier alpha value is -0.970. The van der Waals surface area contributed by atoms with Gasteiger partial charge in [0.15, 0.2) is 0 Å². The molecule has 4 nitrogen and oxygen atoms in total. The Balaban J connectivity index is 1.51. The molecule has 1 atom stereocenters. The van der Waals surface area contributed by atoms with Crippen LogP contribution in [-0.4, -0.2) is 35.4 Å². The molecule has 0 amide bonds. The third-order valence-corrected chi connectivity index (χ3v) is 5.48. The third kappa shape index (κ3) is 3.67. The van der Waals surface area contributed by atoms with Crippen LogP contribution in [0, 0.1) is 5.92 Å². The normalized spacial score (nSPS) is 31.8. The molecule has 2 aliphatic rings. The predicted molar refractivity (Wildman–Crippen MR) is 86.5 cm³/mol. The van der Waals surface area contributed by atoms with Crippen molar-refractivity contribution in [3.8, 4) is 0 Å². The smallest absolute Gasteiger partial charge is 0.0912 e. The zero-order chi connectivity index (χ0) is 15.4. The lowest BCUT2D eigenvalue weighted by molar-refractivity contribution is -0.0116. The molecule has 0 spiro atoms. The second-order valence-electron chi connectivity index (χ2n) is 6.95. The van der Waals surface area contributed by atoms with Gasteiger partial charge in [0.25, 0.3) is 0 Å². The Morgan fingerprint density at radius 2 is 2.00 bits per heavy atom. The molecule has 4 heteroatoms. The first-order chi connectivity index (χ1) is 10.7. The molecule has 2 heterocycles. The molecular formula is C18H28N2O2. The number of ether oxygens (including phenoxy) is 1. The highest BCUT2D eigenvalue weighted by Gasteiger charge is 2.35. The Morgan fingerprint density at radius 1 is 1.27 bits per heavy atom. The van der Waals surface area contributed by atoms with Crippen molar-refractivity contribution in [2.45, 2.75) is 63.1 Å². The lowest BCUT2D eigenvalue weighted by Gasteiger charge is -2.39. The first kappa shape index (κ1) is 15.9. The topological polar surface area (TPSA) is 54.4 Å². The van der Waals surface area contributed by atoms with Crippen molar-refractivity contribution in [2.75, 3.05) is 13.2 Å².